The lowest BCUT2D eigenvalue weighted by molar-refractivity contribution is 0.356. The molecule has 1 aliphatic heterocycles. The first-order chi connectivity index (χ1) is 3.30. The highest BCUT2D eigenvalue weighted by Gasteiger charge is 2.04. The van der Waals surface area contributed by atoms with Crippen molar-refractivity contribution in [2.45, 2.75) is 13.1 Å². The van der Waals surface area contributed by atoms with Crippen molar-refractivity contribution in [3.05, 3.63) is 12.4 Å². The summed E-state index contributed by atoms with van der Waals surface area (Å²) in [4.78, 5) is 2.11. The molecule has 0 saturated carbocycles. The van der Waals surface area contributed by atoms with Crippen LogP contribution in [0.1, 0.15) is 6.92 Å². The van der Waals surface area contributed by atoms with Crippen molar-refractivity contribution < 1.29 is 0 Å². The van der Waals surface area contributed by atoms with Gasteiger partial charge in [0.1, 0.15) is 0 Å². The molecular weight excluding hydrogens is 88.1 g/mol. The summed E-state index contributed by atoms with van der Waals surface area (Å²) in [6, 6.07) is 0. The second-order valence-electron chi connectivity index (χ2n) is 1.82. The predicted molar refractivity (Wildman–Crippen MR) is 29.5 cm³/mol. The molecule has 2 nitrogen and oxygen atoms in total. The van der Waals surface area contributed by atoms with Crippen LogP contribution in [0, 0.1) is 0 Å². The topological polar surface area (TPSA) is 15.3 Å². The third kappa shape index (κ3) is 0.683. The Kier molecular flexibility index (Phi) is 0.929. The van der Waals surface area contributed by atoms with Gasteiger partial charge in [0.25, 0.3) is 0 Å². The van der Waals surface area contributed by atoms with Crippen molar-refractivity contribution in [1.29, 1.82) is 0 Å². The SMILES string of the molecule is C[C@@H]1NC=CN1C. The van der Waals surface area contributed by atoms with Crippen LogP contribution in [0.15, 0.2) is 12.4 Å². The fourth-order valence-corrected chi connectivity index (χ4v) is 0.547. The summed E-state index contributed by atoms with van der Waals surface area (Å²) in [5.41, 5.74) is 0. The monoisotopic (exact) mass is 98.1 g/mol. The summed E-state index contributed by atoms with van der Waals surface area (Å²) < 4.78 is 0. The van der Waals surface area contributed by atoms with Crippen molar-refractivity contribution in [3.8, 4) is 0 Å². The van der Waals surface area contributed by atoms with E-state index in [4.69, 9.17) is 0 Å². The Labute approximate surface area is 43.8 Å². The number of nitrogens with one attached hydrogen (secondary N) is 1. The van der Waals surface area contributed by atoms with E-state index in [0.717, 1.165) is 0 Å². The van der Waals surface area contributed by atoms with Crippen LogP contribution in [-0.2, 0) is 0 Å². The highest BCUT2D eigenvalue weighted by Crippen LogP contribution is 1.97. The summed E-state index contributed by atoms with van der Waals surface area (Å²) >= 11 is 0. The minimum Gasteiger partial charge on any atom is -0.370 e. The van der Waals surface area contributed by atoms with Crippen LogP contribution in [0.2, 0.25) is 0 Å². The Bertz CT molecular complexity index is 88.1. The standard InChI is InChI=1S/C5H10N2/c1-5-6-3-4-7(5)2/h3-6H,1-2H3/t5-/m1/s1. The molecule has 0 spiro atoms. The lowest BCUT2D eigenvalue weighted by Crippen LogP contribution is -2.28. The number of hydrogen-bond donors (Lipinski definition) is 1. The molecule has 0 radical (unpaired) electrons. The molecule has 0 unspecified atom stereocenters. The van der Waals surface area contributed by atoms with E-state index < -0.39 is 0 Å². The lowest BCUT2D eigenvalue weighted by Gasteiger charge is -2.14. The van der Waals surface area contributed by atoms with Gasteiger partial charge < -0.3 is 10.2 Å². The first-order valence-electron chi connectivity index (χ1n) is 2.45. The van der Waals surface area contributed by atoms with E-state index in [1.54, 1.807) is 0 Å². The molecule has 0 amide bonds. The Morgan fingerprint density at radius 3 is 2.57 bits per heavy atom. The van der Waals surface area contributed by atoms with Crippen LogP contribution in [-0.4, -0.2) is 18.1 Å². The Balaban J connectivity index is 2.45. The van der Waals surface area contributed by atoms with Crippen LogP contribution < -0.4 is 5.32 Å². The van der Waals surface area contributed by atoms with Crippen LogP contribution >= 0.6 is 0 Å². The van der Waals surface area contributed by atoms with Gasteiger partial charge in [-0.2, -0.15) is 0 Å². The molecule has 40 valence electrons. The fourth-order valence-electron chi connectivity index (χ4n) is 0.547. The van der Waals surface area contributed by atoms with Crippen LogP contribution in [0.5, 0.6) is 0 Å². The van der Waals surface area contributed by atoms with E-state index in [1.165, 1.54) is 0 Å². The zero-order valence-electron chi connectivity index (χ0n) is 4.68. The normalized spacial score (nSPS) is 28.3. The van der Waals surface area contributed by atoms with Gasteiger partial charge in [-0.05, 0) is 6.92 Å². The molecule has 0 fully saturated rings. The van der Waals surface area contributed by atoms with Crippen LogP contribution in [0.4, 0.5) is 0 Å². The van der Waals surface area contributed by atoms with Crippen LogP contribution in [0.3, 0.4) is 0 Å². The van der Waals surface area contributed by atoms with Crippen molar-refractivity contribution >= 4 is 0 Å². The molecule has 0 aromatic carbocycles. The molecule has 0 aliphatic carbocycles. The summed E-state index contributed by atoms with van der Waals surface area (Å²) in [6.45, 7) is 2.11. The van der Waals surface area contributed by atoms with E-state index in [2.05, 4.69) is 17.1 Å². The van der Waals surface area contributed by atoms with Gasteiger partial charge in [0, 0.05) is 19.4 Å². The van der Waals surface area contributed by atoms with E-state index in [0.29, 0.717) is 6.17 Å². The molecule has 0 bridgehead atoms. The molecule has 1 heterocycles. The largest absolute Gasteiger partial charge is 0.370 e. The number of hydrogen-bond acceptors (Lipinski definition) is 2. The molecule has 1 atom stereocenters. The van der Waals surface area contributed by atoms with Gasteiger partial charge in [0.2, 0.25) is 0 Å². The van der Waals surface area contributed by atoms with Crippen molar-refractivity contribution in [1.82, 2.24) is 10.2 Å². The smallest absolute Gasteiger partial charge is 0.0949 e. The van der Waals surface area contributed by atoms with Crippen molar-refractivity contribution in [2.75, 3.05) is 7.05 Å². The zero-order chi connectivity index (χ0) is 5.28. The molecule has 7 heavy (non-hydrogen) atoms. The highest BCUT2D eigenvalue weighted by atomic mass is 15.3. The number of nitrogens with zero attached hydrogens (tertiary/aromatic N) is 1. The Hall–Kier alpha value is -0.660. The molecule has 0 saturated heterocycles. The molecule has 0 aromatic heterocycles. The molecule has 2 heteroatoms. The maximum Gasteiger partial charge on any atom is 0.0949 e. The molecule has 1 rings (SSSR count). The van der Waals surface area contributed by atoms with Crippen molar-refractivity contribution in [3.63, 3.8) is 0 Å². The van der Waals surface area contributed by atoms with E-state index in [1.807, 2.05) is 19.4 Å². The maximum absolute atomic E-state index is 3.11. The van der Waals surface area contributed by atoms with E-state index in [-0.39, 0.29) is 0 Å². The summed E-state index contributed by atoms with van der Waals surface area (Å²) in [5, 5.41) is 3.11. The van der Waals surface area contributed by atoms with Gasteiger partial charge in [-0.25, -0.2) is 0 Å². The molecule has 1 N–H and O–H groups in total. The van der Waals surface area contributed by atoms with E-state index in [9.17, 15) is 0 Å². The highest BCUT2D eigenvalue weighted by molar-refractivity contribution is 4.89. The Morgan fingerprint density at radius 2 is 2.43 bits per heavy atom. The zero-order valence-corrected chi connectivity index (χ0v) is 4.68. The maximum atomic E-state index is 3.11. The lowest BCUT2D eigenvalue weighted by atomic mass is 10.6. The third-order valence-corrected chi connectivity index (χ3v) is 1.26. The molecular formula is C5H10N2. The second-order valence-corrected chi connectivity index (χ2v) is 1.82. The molecule has 1 aliphatic rings. The average molecular weight is 98.1 g/mol. The third-order valence-electron chi connectivity index (χ3n) is 1.26. The fraction of sp³-hybridized carbons (Fsp3) is 0.600. The summed E-state index contributed by atoms with van der Waals surface area (Å²) in [5.74, 6) is 0. The molecule has 0 aromatic rings. The Morgan fingerprint density at radius 1 is 1.71 bits per heavy atom. The van der Waals surface area contributed by atoms with Crippen LogP contribution in [0.25, 0.3) is 0 Å². The summed E-state index contributed by atoms with van der Waals surface area (Å²) in [6.07, 6.45) is 4.45. The van der Waals surface area contributed by atoms with Gasteiger partial charge >= 0.3 is 0 Å². The first kappa shape index (κ1) is 4.50. The van der Waals surface area contributed by atoms with Gasteiger partial charge in [-0.15, -0.1) is 0 Å². The van der Waals surface area contributed by atoms with E-state index >= 15 is 0 Å². The van der Waals surface area contributed by atoms with Gasteiger partial charge in [0.15, 0.2) is 0 Å². The van der Waals surface area contributed by atoms with Gasteiger partial charge in [-0.3, -0.25) is 0 Å². The van der Waals surface area contributed by atoms with Gasteiger partial charge in [-0.1, -0.05) is 0 Å². The summed E-state index contributed by atoms with van der Waals surface area (Å²) in [7, 11) is 2.04. The first-order valence-corrected chi connectivity index (χ1v) is 2.45. The second kappa shape index (κ2) is 1.45. The minimum atomic E-state index is 0.486. The minimum absolute atomic E-state index is 0.486. The average Bonchev–Trinajstić information content (AvgIpc) is 1.91. The predicted octanol–water partition coefficient (Wildman–Crippen LogP) is 0.339. The number of rotatable bonds is 0. The van der Waals surface area contributed by atoms with Crippen molar-refractivity contribution in [2.24, 2.45) is 0 Å². The quantitative estimate of drug-likeness (QED) is 0.470. The van der Waals surface area contributed by atoms with Gasteiger partial charge in [0.05, 0.1) is 6.17 Å².